The molecular formula is C18H35N3O4S. The fraction of sp³-hybridized carbons (Fsp3) is 0.889. The van der Waals surface area contributed by atoms with E-state index in [2.05, 4.69) is 15.6 Å². The molecule has 1 aliphatic carbocycles. The van der Waals surface area contributed by atoms with Crippen LogP contribution in [-0.4, -0.2) is 56.6 Å². The van der Waals surface area contributed by atoms with E-state index in [0.29, 0.717) is 19.1 Å². The maximum atomic E-state index is 12.2. The minimum Gasteiger partial charge on any atom is -0.466 e. The Bertz CT molecular complexity index is 574. The summed E-state index contributed by atoms with van der Waals surface area (Å²) in [5.74, 6) is 0.558. The van der Waals surface area contributed by atoms with Gasteiger partial charge in [-0.1, -0.05) is 0 Å². The number of carbonyl (C=O) groups is 1. The van der Waals surface area contributed by atoms with Crippen LogP contribution in [0.5, 0.6) is 0 Å². The Hall–Kier alpha value is -1.31. The van der Waals surface area contributed by atoms with E-state index in [9.17, 15) is 13.2 Å². The van der Waals surface area contributed by atoms with Crippen LogP contribution < -0.4 is 10.6 Å². The first-order chi connectivity index (χ1) is 12.1. The molecule has 0 aromatic carbocycles. The van der Waals surface area contributed by atoms with Gasteiger partial charge in [0.1, 0.15) is 0 Å². The van der Waals surface area contributed by atoms with E-state index in [1.54, 1.807) is 20.8 Å². The fourth-order valence-corrected chi connectivity index (χ4v) is 3.77. The van der Waals surface area contributed by atoms with Crippen molar-refractivity contribution in [2.45, 2.75) is 71.1 Å². The van der Waals surface area contributed by atoms with Crippen molar-refractivity contribution in [3.63, 3.8) is 0 Å². The van der Waals surface area contributed by atoms with Gasteiger partial charge in [-0.2, -0.15) is 0 Å². The molecule has 0 aromatic heterocycles. The van der Waals surface area contributed by atoms with Crippen LogP contribution in [0.2, 0.25) is 0 Å². The number of hydrogen-bond acceptors (Lipinski definition) is 5. The average Bonchev–Trinajstić information content (AvgIpc) is 2.54. The number of ether oxygens (including phenoxy) is 1. The van der Waals surface area contributed by atoms with E-state index in [1.807, 2.05) is 13.8 Å². The summed E-state index contributed by atoms with van der Waals surface area (Å²) in [6.07, 6.45) is 3.34. The average molecular weight is 390 g/mol. The normalized spacial score (nSPS) is 22.0. The molecule has 0 bridgehead atoms. The second-order valence-corrected chi connectivity index (χ2v) is 10.5. The highest BCUT2D eigenvalue weighted by Gasteiger charge is 2.29. The lowest BCUT2D eigenvalue weighted by molar-refractivity contribution is -0.149. The number of sulfone groups is 1. The van der Waals surface area contributed by atoms with Crippen LogP contribution in [0.3, 0.4) is 0 Å². The topological polar surface area (TPSA) is 96.9 Å². The zero-order chi connectivity index (χ0) is 19.8. The molecule has 0 amide bonds. The van der Waals surface area contributed by atoms with Crippen LogP contribution in [-0.2, 0) is 19.4 Å². The molecule has 8 heteroatoms. The molecule has 0 aliphatic heterocycles. The second-order valence-electron chi connectivity index (χ2n) is 7.64. The second kappa shape index (κ2) is 10.1. The lowest BCUT2D eigenvalue weighted by Gasteiger charge is -2.29. The Morgan fingerprint density at radius 3 is 2.27 bits per heavy atom. The third-order valence-corrected chi connectivity index (χ3v) is 7.18. The summed E-state index contributed by atoms with van der Waals surface area (Å²) in [5.41, 5.74) is 0. The Kier molecular flexibility index (Phi) is 8.86. The van der Waals surface area contributed by atoms with Gasteiger partial charge in [0.2, 0.25) is 0 Å². The van der Waals surface area contributed by atoms with Gasteiger partial charge in [-0.25, -0.2) is 8.42 Å². The van der Waals surface area contributed by atoms with Crippen LogP contribution >= 0.6 is 0 Å². The van der Waals surface area contributed by atoms with Gasteiger partial charge in [0, 0.05) is 12.6 Å². The first-order valence-electron chi connectivity index (χ1n) is 9.54. The van der Waals surface area contributed by atoms with Crippen molar-refractivity contribution in [3.05, 3.63) is 0 Å². The largest absolute Gasteiger partial charge is 0.466 e. The number of esters is 1. The SMILES string of the molecule is CCNC(=NCCS(=O)(=O)C(C)(C)C)NC1CCC(C(=O)OCC)CC1. The number of hydrogen-bond donors (Lipinski definition) is 2. The van der Waals surface area contributed by atoms with Gasteiger partial charge in [-0.3, -0.25) is 9.79 Å². The van der Waals surface area contributed by atoms with Gasteiger partial charge in [-0.05, 0) is 60.3 Å². The highest BCUT2D eigenvalue weighted by molar-refractivity contribution is 7.92. The summed E-state index contributed by atoms with van der Waals surface area (Å²) in [4.78, 5) is 16.2. The molecule has 0 radical (unpaired) electrons. The predicted octanol–water partition coefficient (Wildman–Crippen LogP) is 1.88. The smallest absolute Gasteiger partial charge is 0.308 e. The molecule has 0 heterocycles. The number of nitrogens with one attached hydrogen (secondary N) is 2. The lowest BCUT2D eigenvalue weighted by atomic mass is 9.86. The summed E-state index contributed by atoms with van der Waals surface area (Å²) in [7, 11) is -3.18. The molecule has 0 spiro atoms. The third-order valence-electron chi connectivity index (χ3n) is 4.60. The standard InChI is InChI=1S/C18H35N3O4S/c1-6-19-17(20-12-13-26(23,24)18(3,4)5)21-15-10-8-14(9-11-15)16(22)25-7-2/h14-15H,6-13H2,1-5H3,(H2,19,20,21). The summed E-state index contributed by atoms with van der Waals surface area (Å²) in [6.45, 7) is 10.3. The molecule has 1 aliphatic rings. The number of aliphatic imine (C=N–C) groups is 1. The molecule has 0 atom stereocenters. The molecule has 0 saturated heterocycles. The molecule has 1 rings (SSSR count). The van der Waals surface area contributed by atoms with Crippen LogP contribution in [0.4, 0.5) is 0 Å². The summed E-state index contributed by atoms with van der Waals surface area (Å²) in [5, 5.41) is 6.53. The van der Waals surface area contributed by atoms with E-state index in [-0.39, 0.29) is 30.2 Å². The van der Waals surface area contributed by atoms with E-state index < -0.39 is 14.6 Å². The van der Waals surface area contributed by atoms with Crippen LogP contribution in [0, 0.1) is 5.92 Å². The molecule has 2 N–H and O–H groups in total. The van der Waals surface area contributed by atoms with Gasteiger partial charge in [0.05, 0.1) is 29.6 Å². The highest BCUT2D eigenvalue weighted by atomic mass is 32.2. The minimum atomic E-state index is -3.18. The number of rotatable bonds is 7. The van der Waals surface area contributed by atoms with Crippen molar-refractivity contribution in [1.82, 2.24) is 10.6 Å². The van der Waals surface area contributed by atoms with Gasteiger partial charge < -0.3 is 15.4 Å². The summed E-state index contributed by atoms with van der Waals surface area (Å²) >= 11 is 0. The molecule has 26 heavy (non-hydrogen) atoms. The first kappa shape index (κ1) is 22.7. The van der Waals surface area contributed by atoms with Crippen molar-refractivity contribution in [1.29, 1.82) is 0 Å². The van der Waals surface area contributed by atoms with Crippen molar-refractivity contribution in [2.75, 3.05) is 25.4 Å². The minimum absolute atomic E-state index is 0.00977. The molecule has 0 aromatic rings. The Labute approximate surface area is 158 Å². The Morgan fingerprint density at radius 1 is 1.15 bits per heavy atom. The number of nitrogens with zero attached hydrogens (tertiary/aromatic N) is 1. The van der Waals surface area contributed by atoms with Gasteiger partial charge in [0.15, 0.2) is 15.8 Å². The Morgan fingerprint density at radius 2 is 1.77 bits per heavy atom. The number of carbonyl (C=O) groups excluding carboxylic acids is 1. The fourth-order valence-electron chi connectivity index (χ4n) is 2.83. The quantitative estimate of drug-likeness (QED) is 0.392. The van der Waals surface area contributed by atoms with Crippen molar-refractivity contribution < 1.29 is 17.9 Å². The monoisotopic (exact) mass is 389 g/mol. The van der Waals surface area contributed by atoms with E-state index >= 15 is 0 Å². The van der Waals surface area contributed by atoms with Crippen LogP contribution in [0.1, 0.15) is 60.3 Å². The molecular weight excluding hydrogens is 354 g/mol. The molecule has 152 valence electrons. The molecule has 0 unspecified atom stereocenters. The maximum Gasteiger partial charge on any atom is 0.308 e. The Balaban J connectivity index is 2.55. The zero-order valence-electron chi connectivity index (χ0n) is 16.8. The van der Waals surface area contributed by atoms with E-state index in [4.69, 9.17) is 4.74 Å². The molecule has 1 fully saturated rings. The van der Waals surface area contributed by atoms with Gasteiger partial charge >= 0.3 is 5.97 Å². The summed E-state index contributed by atoms with van der Waals surface area (Å²) < 4.78 is 28.7. The van der Waals surface area contributed by atoms with Gasteiger partial charge in [-0.15, -0.1) is 0 Å². The summed E-state index contributed by atoms with van der Waals surface area (Å²) in [6, 6.07) is 0.234. The lowest BCUT2D eigenvalue weighted by Crippen LogP contribution is -2.45. The van der Waals surface area contributed by atoms with E-state index in [1.165, 1.54) is 0 Å². The van der Waals surface area contributed by atoms with Crippen LogP contribution in [0.15, 0.2) is 4.99 Å². The van der Waals surface area contributed by atoms with Crippen LogP contribution in [0.25, 0.3) is 0 Å². The van der Waals surface area contributed by atoms with Crippen molar-refractivity contribution in [3.8, 4) is 0 Å². The zero-order valence-corrected chi connectivity index (χ0v) is 17.6. The third kappa shape index (κ3) is 7.13. The molecule has 7 nitrogen and oxygen atoms in total. The maximum absolute atomic E-state index is 12.2. The van der Waals surface area contributed by atoms with Gasteiger partial charge in [0.25, 0.3) is 0 Å². The predicted molar refractivity (Wildman–Crippen MR) is 105 cm³/mol. The van der Waals surface area contributed by atoms with Crippen molar-refractivity contribution in [2.24, 2.45) is 10.9 Å². The highest BCUT2D eigenvalue weighted by Crippen LogP contribution is 2.25. The first-order valence-corrected chi connectivity index (χ1v) is 11.2. The number of guanidine groups is 1. The van der Waals surface area contributed by atoms with Crippen molar-refractivity contribution >= 4 is 21.8 Å². The molecule has 1 saturated carbocycles. The van der Waals surface area contributed by atoms with E-state index in [0.717, 1.165) is 25.7 Å².